The van der Waals surface area contributed by atoms with E-state index in [-0.39, 0.29) is 11.9 Å². The Morgan fingerprint density at radius 2 is 1.95 bits per heavy atom. The molecule has 0 bridgehead atoms. The minimum Gasteiger partial charge on any atom is -0.492 e. The Kier molecular flexibility index (Phi) is 5.56. The second kappa shape index (κ2) is 7.41. The molecule has 0 radical (unpaired) electrons. The average molecular weight is 309 g/mol. The molecule has 3 nitrogen and oxygen atoms in total. The topological polar surface area (TPSA) is 47.3 Å². The Hall–Kier alpha value is -1.62. The number of benzene rings is 2. The zero-order valence-electron chi connectivity index (χ0n) is 11.8. The summed E-state index contributed by atoms with van der Waals surface area (Å²) in [6, 6.07) is 11.8. The fraction of sp³-hybridized carbons (Fsp3) is 0.250. The molecular weight excluding hydrogens is 291 g/mol. The average Bonchev–Trinajstić information content (AvgIpc) is 2.47. The molecule has 0 aromatic heterocycles. The van der Waals surface area contributed by atoms with Crippen LogP contribution in [0.25, 0.3) is 0 Å². The van der Waals surface area contributed by atoms with Gasteiger partial charge in [-0.1, -0.05) is 17.7 Å². The number of hydrogen-bond acceptors (Lipinski definition) is 3. The Bertz CT molecular complexity index is 589. The van der Waals surface area contributed by atoms with Crippen molar-refractivity contribution in [2.24, 2.45) is 5.84 Å². The predicted octanol–water partition coefficient (Wildman–Crippen LogP) is 3.24. The molecule has 0 saturated heterocycles. The van der Waals surface area contributed by atoms with Crippen molar-refractivity contribution in [3.63, 3.8) is 0 Å². The van der Waals surface area contributed by atoms with E-state index in [4.69, 9.17) is 22.2 Å². The van der Waals surface area contributed by atoms with Crippen molar-refractivity contribution in [3.8, 4) is 5.75 Å². The standard InChI is InChI=1S/C16H18ClFN2O/c1-11-8-14(18)5-2-12(11)9-15(20-19)10-21-16-6-3-13(17)4-7-16/h2-8,15,20H,9-10,19H2,1H3. The number of aryl methyl sites for hydroxylation is 1. The lowest BCUT2D eigenvalue weighted by molar-refractivity contribution is 0.264. The second-order valence-corrected chi connectivity index (χ2v) is 5.34. The quantitative estimate of drug-likeness (QED) is 0.636. The molecule has 0 aliphatic rings. The zero-order chi connectivity index (χ0) is 15.2. The lowest BCUT2D eigenvalue weighted by atomic mass is 10.0. The van der Waals surface area contributed by atoms with Crippen molar-refractivity contribution in [1.29, 1.82) is 0 Å². The van der Waals surface area contributed by atoms with E-state index in [0.29, 0.717) is 18.1 Å². The van der Waals surface area contributed by atoms with E-state index >= 15 is 0 Å². The number of nitrogens with one attached hydrogen (secondary N) is 1. The summed E-state index contributed by atoms with van der Waals surface area (Å²) in [5.41, 5.74) is 4.67. The minimum atomic E-state index is -0.231. The van der Waals surface area contributed by atoms with Crippen molar-refractivity contribution in [2.75, 3.05) is 6.61 Å². The van der Waals surface area contributed by atoms with Crippen molar-refractivity contribution in [3.05, 3.63) is 64.4 Å². The number of ether oxygens (including phenoxy) is 1. The van der Waals surface area contributed by atoms with Crippen LogP contribution >= 0.6 is 11.6 Å². The van der Waals surface area contributed by atoms with Crippen LogP contribution in [-0.4, -0.2) is 12.6 Å². The number of hydrazine groups is 1. The second-order valence-electron chi connectivity index (χ2n) is 4.90. The van der Waals surface area contributed by atoms with Gasteiger partial charge in [-0.15, -0.1) is 0 Å². The molecule has 1 atom stereocenters. The lowest BCUT2D eigenvalue weighted by Gasteiger charge is -2.18. The van der Waals surface area contributed by atoms with Crippen LogP contribution in [0, 0.1) is 12.7 Å². The van der Waals surface area contributed by atoms with E-state index in [9.17, 15) is 4.39 Å². The monoisotopic (exact) mass is 308 g/mol. The summed E-state index contributed by atoms with van der Waals surface area (Å²) in [5.74, 6) is 6.06. The van der Waals surface area contributed by atoms with Crippen LogP contribution < -0.4 is 16.0 Å². The molecule has 112 valence electrons. The maximum Gasteiger partial charge on any atom is 0.123 e. The van der Waals surface area contributed by atoms with Gasteiger partial charge in [0.2, 0.25) is 0 Å². The summed E-state index contributed by atoms with van der Waals surface area (Å²) in [5, 5.41) is 0.665. The number of rotatable bonds is 6. The highest BCUT2D eigenvalue weighted by Gasteiger charge is 2.11. The van der Waals surface area contributed by atoms with Crippen LogP contribution in [0.1, 0.15) is 11.1 Å². The van der Waals surface area contributed by atoms with E-state index in [1.54, 1.807) is 30.3 Å². The van der Waals surface area contributed by atoms with E-state index in [0.717, 1.165) is 16.9 Å². The summed E-state index contributed by atoms with van der Waals surface area (Å²) in [4.78, 5) is 0. The SMILES string of the molecule is Cc1cc(F)ccc1CC(COc1ccc(Cl)cc1)NN. The van der Waals surface area contributed by atoms with Gasteiger partial charge in [-0.3, -0.25) is 11.3 Å². The molecule has 2 rings (SSSR count). The van der Waals surface area contributed by atoms with Crippen molar-refractivity contribution in [2.45, 2.75) is 19.4 Å². The van der Waals surface area contributed by atoms with Gasteiger partial charge in [-0.2, -0.15) is 0 Å². The Morgan fingerprint density at radius 3 is 2.57 bits per heavy atom. The summed E-state index contributed by atoms with van der Waals surface area (Å²) in [6.45, 7) is 2.29. The van der Waals surface area contributed by atoms with Crippen LogP contribution in [0.2, 0.25) is 5.02 Å². The van der Waals surface area contributed by atoms with Crippen molar-refractivity contribution >= 4 is 11.6 Å². The fourth-order valence-electron chi connectivity index (χ4n) is 2.05. The van der Waals surface area contributed by atoms with E-state index in [2.05, 4.69) is 5.43 Å². The molecule has 0 amide bonds. The normalized spacial score (nSPS) is 12.2. The van der Waals surface area contributed by atoms with Gasteiger partial charge >= 0.3 is 0 Å². The third kappa shape index (κ3) is 4.70. The molecule has 0 heterocycles. The van der Waals surface area contributed by atoms with Crippen LogP contribution in [0.15, 0.2) is 42.5 Å². The first kappa shape index (κ1) is 15.8. The highest BCUT2D eigenvalue weighted by atomic mass is 35.5. The molecule has 0 aliphatic heterocycles. The third-order valence-corrected chi connectivity index (χ3v) is 3.52. The fourth-order valence-corrected chi connectivity index (χ4v) is 2.17. The Morgan fingerprint density at radius 1 is 1.24 bits per heavy atom. The molecule has 0 spiro atoms. The van der Waals surface area contributed by atoms with Gasteiger partial charge in [0.1, 0.15) is 18.2 Å². The van der Waals surface area contributed by atoms with E-state index < -0.39 is 0 Å². The highest BCUT2D eigenvalue weighted by Crippen LogP contribution is 2.17. The molecule has 1 unspecified atom stereocenters. The summed E-state index contributed by atoms with van der Waals surface area (Å²) < 4.78 is 18.8. The molecule has 3 N–H and O–H groups in total. The third-order valence-electron chi connectivity index (χ3n) is 3.27. The smallest absolute Gasteiger partial charge is 0.123 e. The van der Waals surface area contributed by atoms with E-state index in [1.165, 1.54) is 12.1 Å². The molecule has 0 saturated carbocycles. The molecule has 2 aromatic carbocycles. The summed E-state index contributed by atoms with van der Waals surface area (Å²) in [7, 11) is 0. The summed E-state index contributed by atoms with van der Waals surface area (Å²) >= 11 is 5.82. The van der Waals surface area contributed by atoms with Gasteiger partial charge in [-0.25, -0.2) is 4.39 Å². The summed E-state index contributed by atoms with van der Waals surface area (Å²) in [6.07, 6.45) is 0.663. The van der Waals surface area contributed by atoms with E-state index in [1.807, 2.05) is 6.92 Å². The minimum absolute atomic E-state index is 0.0650. The molecule has 5 heteroatoms. The Labute approximate surface area is 128 Å². The predicted molar refractivity (Wildman–Crippen MR) is 82.9 cm³/mol. The molecule has 21 heavy (non-hydrogen) atoms. The molecule has 0 aliphatic carbocycles. The van der Waals surface area contributed by atoms with Crippen LogP contribution in [0.4, 0.5) is 4.39 Å². The first-order valence-electron chi connectivity index (χ1n) is 6.68. The van der Waals surface area contributed by atoms with Crippen LogP contribution in [-0.2, 0) is 6.42 Å². The molecule has 2 aromatic rings. The number of halogens is 2. The lowest BCUT2D eigenvalue weighted by Crippen LogP contribution is -2.41. The number of nitrogens with two attached hydrogens (primary N) is 1. The maximum atomic E-state index is 13.1. The van der Waals surface area contributed by atoms with Gasteiger partial charge in [0.05, 0.1) is 6.04 Å². The molecule has 0 fully saturated rings. The van der Waals surface area contributed by atoms with Gasteiger partial charge in [0.15, 0.2) is 0 Å². The van der Waals surface area contributed by atoms with Gasteiger partial charge in [0.25, 0.3) is 0 Å². The van der Waals surface area contributed by atoms with Gasteiger partial charge < -0.3 is 4.74 Å². The van der Waals surface area contributed by atoms with Gasteiger partial charge in [-0.05, 0) is 60.9 Å². The first-order chi connectivity index (χ1) is 10.1. The Balaban J connectivity index is 1.95. The van der Waals surface area contributed by atoms with Crippen LogP contribution in [0.5, 0.6) is 5.75 Å². The zero-order valence-corrected chi connectivity index (χ0v) is 12.5. The maximum absolute atomic E-state index is 13.1. The number of hydrogen-bond donors (Lipinski definition) is 2. The largest absolute Gasteiger partial charge is 0.492 e. The molecular formula is C16H18ClFN2O. The highest BCUT2D eigenvalue weighted by molar-refractivity contribution is 6.30. The van der Waals surface area contributed by atoms with Crippen molar-refractivity contribution in [1.82, 2.24) is 5.43 Å². The van der Waals surface area contributed by atoms with Crippen molar-refractivity contribution < 1.29 is 9.13 Å². The first-order valence-corrected chi connectivity index (χ1v) is 7.06. The van der Waals surface area contributed by atoms with Crippen LogP contribution in [0.3, 0.4) is 0 Å². The van der Waals surface area contributed by atoms with Gasteiger partial charge in [0, 0.05) is 5.02 Å².